The van der Waals surface area contributed by atoms with Crippen molar-refractivity contribution in [3.05, 3.63) is 23.8 Å². The molecule has 0 bridgehead atoms. The minimum Gasteiger partial charge on any atom is -0.486 e. The van der Waals surface area contributed by atoms with Gasteiger partial charge < -0.3 is 29.1 Å². The second kappa shape index (κ2) is 11.0. The first-order valence-electron chi connectivity index (χ1n) is 10.3. The smallest absolute Gasteiger partial charge is 0.290 e. The molecule has 3 aliphatic heterocycles. The molecule has 2 saturated heterocycles. The molecule has 1 unspecified atom stereocenters. The van der Waals surface area contributed by atoms with Crippen LogP contribution in [0.1, 0.15) is 29.6 Å². The van der Waals surface area contributed by atoms with Crippen molar-refractivity contribution < 1.29 is 28.9 Å². The minimum absolute atomic E-state index is 0.0541. The highest BCUT2D eigenvalue weighted by molar-refractivity contribution is 5.98. The molecule has 1 N–H and O–H groups in total. The number of ether oxygens (including phenoxy) is 3. The summed E-state index contributed by atoms with van der Waals surface area (Å²) in [5, 5.41) is 6.89. The van der Waals surface area contributed by atoms with Crippen LogP contribution in [0.2, 0.25) is 0 Å². The van der Waals surface area contributed by atoms with Crippen molar-refractivity contribution in [2.45, 2.75) is 19.3 Å². The Morgan fingerprint density at radius 1 is 1.14 bits per heavy atom. The van der Waals surface area contributed by atoms with E-state index in [1.807, 2.05) is 23.1 Å². The minimum atomic E-state index is -0.250. The third-order valence-corrected chi connectivity index (χ3v) is 5.55. The average molecular weight is 406 g/mol. The fraction of sp³-hybridized carbons (Fsp3) is 0.619. The highest BCUT2D eigenvalue weighted by atomic mass is 16.6. The summed E-state index contributed by atoms with van der Waals surface area (Å²) in [6.07, 6.45) is 3.41. The lowest BCUT2D eigenvalue weighted by Crippen LogP contribution is -2.36. The summed E-state index contributed by atoms with van der Waals surface area (Å²) in [5.74, 6) is 2.05. The standard InChI is InChI=1S/C20H28N2O4.CH2O2/c23-20(17-3-1-4-18-19(17)26-14-13-25-18)22-8-2-7-21(10-11-22)9-5-16-6-12-24-15-16;2-1-3/h1,3-4,16H,2,5-15H2;1H,(H,2,3). The number of carbonyl (C=O) groups is 2. The van der Waals surface area contributed by atoms with Gasteiger partial charge in [-0.2, -0.15) is 0 Å². The van der Waals surface area contributed by atoms with Crippen LogP contribution in [0.25, 0.3) is 0 Å². The molecule has 0 aromatic heterocycles. The van der Waals surface area contributed by atoms with Gasteiger partial charge >= 0.3 is 0 Å². The van der Waals surface area contributed by atoms with Crippen molar-refractivity contribution in [2.75, 3.05) is 59.2 Å². The number of para-hydroxylation sites is 1. The fourth-order valence-corrected chi connectivity index (χ4v) is 3.99. The van der Waals surface area contributed by atoms with Gasteiger partial charge in [0.15, 0.2) is 11.5 Å². The molecule has 0 radical (unpaired) electrons. The maximum atomic E-state index is 13.1. The molecule has 1 amide bonds. The van der Waals surface area contributed by atoms with Gasteiger partial charge in [0.2, 0.25) is 0 Å². The van der Waals surface area contributed by atoms with Crippen LogP contribution in [0.5, 0.6) is 11.5 Å². The second-order valence-corrected chi connectivity index (χ2v) is 7.44. The number of carbonyl (C=O) groups excluding carboxylic acids is 1. The van der Waals surface area contributed by atoms with Crippen LogP contribution < -0.4 is 9.47 Å². The zero-order valence-corrected chi connectivity index (χ0v) is 16.8. The van der Waals surface area contributed by atoms with E-state index in [0.29, 0.717) is 36.2 Å². The topological polar surface area (TPSA) is 88.5 Å². The number of rotatable bonds is 4. The molecule has 0 aliphatic carbocycles. The molecule has 4 rings (SSSR count). The molecule has 160 valence electrons. The van der Waals surface area contributed by atoms with Crippen LogP contribution in [-0.2, 0) is 9.53 Å². The molecule has 1 aromatic carbocycles. The van der Waals surface area contributed by atoms with Crippen LogP contribution >= 0.6 is 0 Å². The Morgan fingerprint density at radius 3 is 2.76 bits per heavy atom. The third kappa shape index (κ3) is 5.83. The molecule has 2 fully saturated rings. The first kappa shape index (κ1) is 21.4. The zero-order chi connectivity index (χ0) is 20.5. The molecule has 3 aliphatic rings. The van der Waals surface area contributed by atoms with Crippen LogP contribution in [0.3, 0.4) is 0 Å². The number of carboxylic acid groups (broad SMARTS) is 1. The van der Waals surface area contributed by atoms with Crippen LogP contribution in [0, 0.1) is 5.92 Å². The lowest BCUT2D eigenvalue weighted by atomic mass is 10.1. The first-order valence-corrected chi connectivity index (χ1v) is 10.3. The molecule has 3 heterocycles. The summed E-state index contributed by atoms with van der Waals surface area (Å²) >= 11 is 0. The summed E-state index contributed by atoms with van der Waals surface area (Å²) < 4.78 is 16.8. The maximum absolute atomic E-state index is 13.1. The molecule has 0 spiro atoms. The number of benzene rings is 1. The highest BCUT2D eigenvalue weighted by Gasteiger charge is 2.26. The van der Waals surface area contributed by atoms with Gasteiger partial charge in [0.05, 0.1) is 5.56 Å². The summed E-state index contributed by atoms with van der Waals surface area (Å²) in [6, 6.07) is 5.58. The van der Waals surface area contributed by atoms with Crippen molar-refractivity contribution >= 4 is 12.4 Å². The quantitative estimate of drug-likeness (QED) is 0.762. The van der Waals surface area contributed by atoms with Gasteiger partial charge in [-0.05, 0) is 50.4 Å². The summed E-state index contributed by atoms with van der Waals surface area (Å²) in [7, 11) is 0. The fourth-order valence-electron chi connectivity index (χ4n) is 3.99. The predicted octanol–water partition coefficient (Wildman–Crippen LogP) is 1.73. The van der Waals surface area contributed by atoms with E-state index in [9.17, 15) is 4.79 Å². The molecule has 0 saturated carbocycles. The van der Waals surface area contributed by atoms with E-state index in [4.69, 9.17) is 24.1 Å². The van der Waals surface area contributed by atoms with E-state index in [1.54, 1.807) is 0 Å². The second-order valence-electron chi connectivity index (χ2n) is 7.44. The van der Waals surface area contributed by atoms with Crippen LogP contribution in [0.15, 0.2) is 18.2 Å². The van der Waals surface area contributed by atoms with Gasteiger partial charge in [0.25, 0.3) is 12.4 Å². The Kier molecular flexibility index (Phi) is 8.13. The summed E-state index contributed by atoms with van der Waals surface area (Å²) in [6.45, 7) is 7.28. The van der Waals surface area contributed by atoms with Gasteiger partial charge in [0.1, 0.15) is 13.2 Å². The van der Waals surface area contributed by atoms with E-state index >= 15 is 0 Å². The van der Waals surface area contributed by atoms with Crippen LogP contribution in [-0.4, -0.2) is 86.4 Å². The Bertz CT molecular complexity index is 677. The first-order chi connectivity index (χ1) is 14.2. The van der Waals surface area contributed by atoms with Crippen molar-refractivity contribution in [2.24, 2.45) is 5.92 Å². The normalized spacial score (nSPS) is 21.7. The molecule has 8 nitrogen and oxygen atoms in total. The van der Waals surface area contributed by atoms with Crippen molar-refractivity contribution in [3.8, 4) is 11.5 Å². The van der Waals surface area contributed by atoms with Gasteiger partial charge in [-0.3, -0.25) is 9.59 Å². The monoisotopic (exact) mass is 406 g/mol. The number of amides is 1. The van der Waals surface area contributed by atoms with E-state index < -0.39 is 0 Å². The SMILES string of the molecule is O=C(c1cccc2c1OCCO2)N1CCCN(CCC2CCOC2)CC1.O=CO. The Labute approximate surface area is 171 Å². The third-order valence-electron chi connectivity index (χ3n) is 5.55. The Hall–Kier alpha value is -2.32. The lowest BCUT2D eigenvalue weighted by molar-refractivity contribution is -0.122. The predicted molar refractivity (Wildman–Crippen MR) is 107 cm³/mol. The van der Waals surface area contributed by atoms with E-state index in [0.717, 1.165) is 52.4 Å². The van der Waals surface area contributed by atoms with Gasteiger partial charge in [-0.1, -0.05) is 6.07 Å². The molecule has 1 atom stereocenters. The molecular weight excluding hydrogens is 376 g/mol. The average Bonchev–Trinajstić information content (AvgIpc) is 3.16. The Morgan fingerprint density at radius 2 is 1.97 bits per heavy atom. The summed E-state index contributed by atoms with van der Waals surface area (Å²) in [5.41, 5.74) is 0.624. The van der Waals surface area contributed by atoms with Gasteiger partial charge in [-0.25, -0.2) is 0 Å². The Balaban J connectivity index is 0.000000755. The van der Waals surface area contributed by atoms with Crippen molar-refractivity contribution in [1.82, 2.24) is 9.80 Å². The largest absolute Gasteiger partial charge is 0.486 e. The number of nitrogens with zero attached hydrogens (tertiary/aromatic N) is 2. The van der Waals surface area contributed by atoms with Crippen molar-refractivity contribution in [3.63, 3.8) is 0 Å². The highest BCUT2D eigenvalue weighted by Crippen LogP contribution is 2.34. The zero-order valence-electron chi connectivity index (χ0n) is 16.8. The summed E-state index contributed by atoms with van der Waals surface area (Å²) in [4.78, 5) is 25.9. The molecule has 8 heteroatoms. The lowest BCUT2D eigenvalue weighted by Gasteiger charge is -2.25. The van der Waals surface area contributed by atoms with E-state index in [2.05, 4.69) is 4.90 Å². The van der Waals surface area contributed by atoms with E-state index in [-0.39, 0.29) is 12.4 Å². The number of fused-ring (bicyclic) bond motifs is 1. The molecular formula is C21H30N2O6. The van der Waals surface area contributed by atoms with Crippen LogP contribution in [0.4, 0.5) is 0 Å². The molecule has 29 heavy (non-hydrogen) atoms. The van der Waals surface area contributed by atoms with Gasteiger partial charge in [0, 0.05) is 32.8 Å². The van der Waals surface area contributed by atoms with Crippen molar-refractivity contribution in [1.29, 1.82) is 0 Å². The maximum Gasteiger partial charge on any atom is 0.290 e. The van der Waals surface area contributed by atoms with Gasteiger partial charge in [-0.15, -0.1) is 0 Å². The number of hydrogen-bond donors (Lipinski definition) is 1. The van der Waals surface area contributed by atoms with E-state index in [1.165, 1.54) is 12.8 Å². The molecule has 1 aromatic rings. The number of hydrogen-bond acceptors (Lipinski definition) is 6.